The fourth-order valence-corrected chi connectivity index (χ4v) is 4.12. The van der Waals surface area contributed by atoms with Crippen LogP contribution in [0, 0.1) is 6.92 Å². The van der Waals surface area contributed by atoms with Gasteiger partial charge in [0.05, 0.1) is 12.7 Å². The van der Waals surface area contributed by atoms with E-state index >= 15 is 0 Å². The summed E-state index contributed by atoms with van der Waals surface area (Å²) in [5, 5.41) is 0.975. The van der Waals surface area contributed by atoms with Gasteiger partial charge in [-0.25, -0.2) is 0 Å². The Hall–Kier alpha value is -3.48. The van der Waals surface area contributed by atoms with Gasteiger partial charge < -0.3 is 23.7 Å². The van der Waals surface area contributed by atoms with Gasteiger partial charge in [-0.1, -0.05) is 24.3 Å². The molecular weight excluding hydrogens is 396 g/mol. The second-order valence-electron chi connectivity index (χ2n) is 8.01. The van der Waals surface area contributed by atoms with Gasteiger partial charge in [0.1, 0.15) is 12.2 Å². The molecule has 0 aliphatic carbocycles. The Bertz CT molecular complexity index is 1130. The number of amides is 2. The van der Waals surface area contributed by atoms with E-state index in [0.29, 0.717) is 44.1 Å². The van der Waals surface area contributed by atoms with Gasteiger partial charge in [0, 0.05) is 37.1 Å². The fraction of sp³-hybridized carbons (Fsp3) is 0.333. The molecule has 3 heterocycles. The highest BCUT2D eigenvalue weighted by atomic mass is 16.6. The number of hydrogen-bond acceptors (Lipinski definition) is 5. The van der Waals surface area contributed by atoms with E-state index in [1.54, 1.807) is 17.2 Å². The first-order valence-corrected chi connectivity index (χ1v) is 10.5. The highest BCUT2D eigenvalue weighted by Crippen LogP contribution is 2.31. The predicted molar refractivity (Wildman–Crippen MR) is 114 cm³/mol. The number of ether oxygens (including phenoxy) is 2. The van der Waals surface area contributed by atoms with Crippen LogP contribution in [0.5, 0.6) is 11.5 Å². The smallest absolute Gasteiger partial charge is 0.267 e. The van der Waals surface area contributed by atoms with Crippen LogP contribution in [0.25, 0.3) is 11.0 Å². The Kier molecular flexibility index (Phi) is 5.02. The van der Waals surface area contributed by atoms with Gasteiger partial charge in [-0.3, -0.25) is 9.59 Å². The number of carbonyl (C=O) groups excluding carboxylic acids is 2. The number of para-hydroxylation sites is 2. The van der Waals surface area contributed by atoms with E-state index in [1.807, 2.05) is 48.2 Å². The van der Waals surface area contributed by atoms with E-state index in [-0.39, 0.29) is 18.4 Å². The van der Waals surface area contributed by atoms with Crippen molar-refractivity contribution in [3.63, 3.8) is 0 Å². The van der Waals surface area contributed by atoms with Gasteiger partial charge in [0.15, 0.2) is 11.5 Å². The summed E-state index contributed by atoms with van der Waals surface area (Å²) in [5.74, 6) is 1.19. The molecule has 1 fully saturated rings. The normalized spacial score (nSPS) is 18.3. The molecule has 2 aliphatic heterocycles. The number of piperazine rings is 1. The zero-order valence-electron chi connectivity index (χ0n) is 17.4. The number of hydrogen-bond donors (Lipinski definition) is 0. The number of carbonyl (C=O) groups is 2. The second kappa shape index (κ2) is 7.98. The number of aryl methyl sites for hydroxylation is 1. The molecular formula is C24H24N2O5. The Morgan fingerprint density at radius 2 is 1.74 bits per heavy atom. The fourth-order valence-electron chi connectivity index (χ4n) is 4.12. The van der Waals surface area contributed by atoms with Gasteiger partial charge in [0.25, 0.3) is 5.91 Å². The molecule has 0 saturated carbocycles. The Labute approximate surface area is 180 Å². The summed E-state index contributed by atoms with van der Waals surface area (Å²) in [7, 11) is 0. The van der Waals surface area contributed by atoms with E-state index in [0.717, 1.165) is 22.1 Å². The van der Waals surface area contributed by atoms with Gasteiger partial charge in [-0.15, -0.1) is 0 Å². The van der Waals surface area contributed by atoms with Crippen molar-refractivity contribution in [3.05, 3.63) is 59.9 Å². The van der Waals surface area contributed by atoms with E-state index < -0.39 is 6.10 Å². The first kappa shape index (κ1) is 19.5. The van der Waals surface area contributed by atoms with Crippen molar-refractivity contribution in [3.8, 4) is 11.5 Å². The second-order valence-corrected chi connectivity index (χ2v) is 8.01. The first-order valence-electron chi connectivity index (χ1n) is 10.5. The molecule has 7 heteroatoms. The molecule has 3 aromatic rings. The van der Waals surface area contributed by atoms with Crippen molar-refractivity contribution in [2.24, 2.45) is 0 Å². The third-order valence-electron chi connectivity index (χ3n) is 5.88. The van der Waals surface area contributed by atoms with E-state index in [4.69, 9.17) is 13.9 Å². The number of nitrogens with zero attached hydrogens (tertiary/aromatic N) is 2. The van der Waals surface area contributed by atoms with Crippen LogP contribution in [0.15, 0.2) is 53.1 Å². The molecule has 1 aromatic heterocycles. The van der Waals surface area contributed by atoms with Crippen molar-refractivity contribution >= 4 is 22.8 Å². The van der Waals surface area contributed by atoms with Gasteiger partial charge in [-0.2, -0.15) is 0 Å². The lowest BCUT2D eigenvalue weighted by atomic mass is 10.1. The predicted octanol–water partition coefficient (Wildman–Crippen LogP) is 2.79. The van der Waals surface area contributed by atoms with Crippen LogP contribution in [-0.2, 0) is 16.0 Å². The first-order chi connectivity index (χ1) is 15.1. The molecule has 5 rings (SSSR count). The minimum atomic E-state index is -0.655. The van der Waals surface area contributed by atoms with Crippen molar-refractivity contribution in [1.29, 1.82) is 0 Å². The Morgan fingerprint density at radius 3 is 2.55 bits per heavy atom. The van der Waals surface area contributed by atoms with Crippen LogP contribution in [0.3, 0.4) is 0 Å². The molecule has 0 bridgehead atoms. The maximum absolute atomic E-state index is 12.9. The maximum Gasteiger partial charge on any atom is 0.267 e. The van der Waals surface area contributed by atoms with Crippen molar-refractivity contribution in [2.45, 2.75) is 19.4 Å². The molecule has 2 aliphatic rings. The third-order valence-corrected chi connectivity index (χ3v) is 5.88. The van der Waals surface area contributed by atoms with Crippen LogP contribution in [0.1, 0.15) is 11.1 Å². The summed E-state index contributed by atoms with van der Waals surface area (Å²) in [4.78, 5) is 29.3. The zero-order chi connectivity index (χ0) is 21.4. The standard InChI is InChI=1S/C24H24N2O5/c1-16-6-7-18-17(14-29-21(18)12-16)13-23(27)25-8-10-26(11-9-25)24(28)22-15-30-19-4-2-3-5-20(19)31-22/h2-7,12,14,22H,8-11,13,15H2,1H3/t22-/m1/s1. The number of fused-ring (bicyclic) bond motifs is 2. The molecule has 2 aromatic carbocycles. The molecule has 0 unspecified atom stereocenters. The van der Waals surface area contributed by atoms with Crippen molar-refractivity contribution in [1.82, 2.24) is 9.80 Å². The summed E-state index contributed by atoms with van der Waals surface area (Å²) in [5.41, 5.74) is 2.82. The largest absolute Gasteiger partial charge is 0.485 e. The van der Waals surface area contributed by atoms with Gasteiger partial charge >= 0.3 is 0 Å². The molecule has 1 saturated heterocycles. The van der Waals surface area contributed by atoms with Crippen LogP contribution < -0.4 is 9.47 Å². The third kappa shape index (κ3) is 3.83. The summed E-state index contributed by atoms with van der Waals surface area (Å²) < 4.78 is 17.1. The van der Waals surface area contributed by atoms with Crippen molar-refractivity contribution < 1.29 is 23.5 Å². The SMILES string of the molecule is Cc1ccc2c(CC(=O)N3CCN(C(=O)[C@H]4COc5ccccc5O4)CC3)coc2c1. The van der Waals surface area contributed by atoms with Crippen LogP contribution in [0.2, 0.25) is 0 Å². The average molecular weight is 420 g/mol. The maximum atomic E-state index is 12.9. The summed E-state index contributed by atoms with van der Waals surface area (Å²) in [6, 6.07) is 13.3. The molecule has 7 nitrogen and oxygen atoms in total. The Balaban J connectivity index is 1.17. The molecule has 31 heavy (non-hydrogen) atoms. The molecule has 0 N–H and O–H groups in total. The minimum Gasteiger partial charge on any atom is -0.485 e. The van der Waals surface area contributed by atoms with Crippen LogP contribution >= 0.6 is 0 Å². The van der Waals surface area contributed by atoms with E-state index in [1.165, 1.54) is 0 Å². The topological polar surface area (TPSA) is 72.2 Å². The van der Waals surface area contributed by atoms with E-state index in [9.17, 15) is 9.59 Å². The van der Waals surface area contributed by atoms with Gasteiger partial charge in [-0.05, 0) is 30.7 Å². The highest BCUT2D eigenvalue weighted by Gasteiger charge is 2.33. The summed E-state index contributed by atoms with van der Waals surface area (Å²) >= 11 is 0. The van der Waals surface area contributed by atoms with Crippen LogP contribution in [0.4, 0.5) is 0 Å². The monoisotopic (exact) mass is 420 g/mol. The minimum absolute atomic E-state index is 0.0431. The van der Waals surface area contributed by atoms with Gasteiger partial charge in [0.2, 0.25) is 12.0 Å². The molecule has 1 atom stereocenters. The summed E-state index contributed by atoms with van der Waals surface area (Å²) in [6.07, 6.45) is 1.30. The highest BCUT2D eigenvalue weighted by molar-refractivity contribution is 5.88. The molecule has 0 radical (unpaired) electrons. The molecule has 160 valence electrons. The number of furan rings is 1. The summed E-state index contributed by atoms with van der Waals surface area (Å²) in [6.45, 7) is 4.18. The van der Waals surface area contributed by atoms with Crippen LogP contribution in [-0.4, -0.2) is 60.5 Å². The lowest BCUT2D eigenvalue weighted by Crippen LogP contribution is -2.55. The number of rotatable bonds is 3. The number of benzene rings is 2. The Morgan fingerprint density at radius 1 is 1.00 bits per heavy atom. The molecule has 2 amide bonds. The van der Waals surface area contributed by atoms with E-state index in [2.05, 4.69) is 0 Å². The zero-order valence-corrected chi connectivity index (χ0v) is 17.4. The quantitative estimate of drug-likeness (QED) is 0.652. The lowest BCUT2D eigenvalue weighted by molar-refractivity contribution is -0.146. The molecule has 0 spiro atoms. The van der Waals surface area contributed by atoms with Crippen molar-refractivity contribution in [2.75, 3.05) is 32.8 Å². The lowest BCUT2D eigenvalue weighted by Gasteiger charge is -2.37. The average Bonchev–Trinajstić information content (AvgIpc) is 3.19.